The lowest BCUT2D eigenvalue weighted by Gasteiger charge is -2.29. The van der Waals surface area contributed by atoms with Gasteiger partial charge in [0.15, 0.2) is 0 Å². The number of aromatic nitrogens is 2. The normalized spacial score (nSPS) is 18.8. The molecule has 5 nitrogen and oxygen atoms in total. The van der Waals surface area contributed by atoms with Crippen LogP contribution in [0.25, 0.3) is 5.69 Å². The molecule has 4 rings (SSSR count). The summed E-state index contributed by atoms with van der Waals surface area (Å²) in [5, 5.41) is 3.47. The molecule has 0 radical (unpaired) electrons. The van der Waals surface area contributed by atoms with Gasteiger partial charge in [-0.25, -0.2) is 4.98 Å². The zero-order valence-corrected chi connectivity index (χ0v) is 12.0. The van der Waals surface area contributed by atoms with E-state index in [2.05, 4.69) is 44.0 Å². The number of hydrogen-bond acceptors (Lipinski definition) is 4. The van der Waals surface area contributed by atoms with Gasteiger partial charge in [0.2, 0.25) is 5.95 Å². The Kier molecular flexibility index (Phi) is 3.27. The summed E-state index contributed by atoms with van der Waals surface area (Å²) in [6, 6.07) is 9.29. The molecule has 110 valence electrons. The van der Waals surface area contributed by atoms with Crippen LogP contribution in [-0.2, 0) is 4.74 Å². The SMILES string of the molecule is c1cn(-c2ccc(N3CCOCC3)cc2)c(NC2CC2)n1. The molecule has 2 aromatic rings. The highest BCUT2D eigenvalue weighted by Gasteiger charge is 2.22. The van der Waals surface area contributed by atoms with Gasteiger partial charge in [0.1, 0.15) is 0 Å². The van der Waals surface area contributed by atoms with E-state index in [0.29, 0.717) is 6.04 Å². The second-order valence-corrected chi connectivity index (χ2v) is 5.66. The van der Waals surface area contributed by atoms with Crippen molar-refractivity contribution < 1.29 is 4.74 Å². The van der Waals surface area contributed by atoms with Gasteiger partial charge in [0.05, 0.1) is 13.2 Å². The summed E-state index contributed by atoms with van der Waals surface area (Å²) in [5.41, 5.74) is 2.41. The Morgan fingerprint density at radius 2 is 1.76 bits per heavy atom. The molecule has 0 atom stereocenters. The van der Waals surface area contributed by atoms with Crippen LogP contribution in [0.2, 0.25) is 0 Å². The Hall–Kier alpha value is -2.01. The molecule has 0 unspecified atom stereocenters. The number of nitrogens with one attached hydrogen (secondary N) is 1. The van der Waals surface area contributed by atoms with Gasteiger partial charge in [0.25, 0.3) is 0 Å². The van der Waals surface area contributed by atoms with Crippen LogP contribution >= 0.6 is 0 Å². The second-order valence-electron chi connectivity index (χ2n) is 5.66. The number of nitrogens with zero attached hydrogens (tertiary/aromatic N) is 3. The van der Waals surface area contributed by atoms with Crippen molar-refractivity contribution in [3.05, 3.63) is 36.7 Å². The van der Waals surface area contributed by atoms with Crippen molar-refractivity contribution >= 4 is 11.6 Å². The number of imidazole rings is 1. The number of rotatable bonds is 4. The van der Waals surface area contributed by atoms with Crippen LogP contribution in [0, 0.1) is 0 Å². The van der Waals surface area contributed by atoms with Crippen LogP contribution in [0.1, 0.15) is 12.8 Å². The minimum atomic E-state index is 0.610. The van der Waals surface area contributed by atoms with Crippen LogP contribution in [0.3, 0.4) is 0 Å². The predicted octanol–water partition coefficient (Wildman–Crippen LogP) is 2.28. The molecule has 21 heavy (non-hydrogen) atoms. The molecular formula is C16H20N4O. The summed E-state index contributed by atoms with van der Waals surface area (Å²) in [5.74, 6) is 0.941. The number of anilines is 2. The first-order chi connectivity index (χ1) is 10.4. The van der Waals surface area contributed by atoms with Crippen LogP contribution in [-0.4, -0.2) is 41.9 Å². The Bertz CT molecular complexity index is 597. The van der Waals surface area contributed by atoms with Crippen molar-refractivity contribution in [1.82, 2.24) is 9.55 Å². The fraction of sp³-hybridized carbons (Fsp3) is 0.438. The lowest BCUT2D eigenvalue weighted by atomic mass is 10.2. The minimum Gasteiger partial charge on any atom is -0.378 e. The summed E-state index contributed by atoms with van der Waals surface area (Å²) in [6.45, 7) is 3.58. The molecule has 0 bridgehead atoms. The van der Waals surface area contributed by atoms with Gasteiger partial charge in [0, 0.05) is 42.9 Å². The third-order valence-corrected chi connectivity index (χ3v) is 4.06. The molecule has 0 spiro atoms. The maximum absolute atomic E-state index is 5.40. The van der Waals surface area contributed by atoms with E-state index >= 15 is 0 Å². The molecule has 1 aliphatic carbocycles. The van der Waals surface area contributed by atoms with Crippen molar-refractivity contribution in [2.45, 2.75) is 18.9 Å². The van der Waals surface area contributed by atoms with E-state index in [9.17, 15) is 0 Å². The fourth-order valence-electron chi connectivity index (χ4n) is 2.67. The zero-order valence-electron chi connectivity index (χ0n) is 12.0. The second kappa shape index (κ2) is 5.41. The highest BCUT2D eigenvalue weighted by atomic mass is 16.5. The van der Waals surface area contributed by atoms with E-state index in [1.807, 2.05) is 12.4 Å². The maximum Gasteiger partial charge on any atom is 0.207 e. The highest BCUT2D eigenvalue weighted by molar-refractivity contribution is 5.53. The van der Waals surface area contributed by atoms with Gasteiger partial charge in [-0.3, -0.25) is 4.57 Å². The minimum absolute atomic E-state index is 0.610. The van der Waals surface area contributed by atoms with Gasteiger partial charge in [-0.15, -0.1) is 0 Å². The van der Waals surface area contributed by atoms with E-state index in [1.54, 1.807) is 0 Å². The summed E-state index contributed by atoms with van der Waals surface area (Å²) in [7, 11) is 0. The molecule has 1 saturated heterocycles. The number of ether oxygens (including phenoxy) is 1. The quantitative estimate of drug-likeness (QED) is 0.935. The summed E-state index contributed by atoms with van der Waals surface area (Å²) >= 11 is 0. The van der Waals surface area contributed by atoms with E-state index in [0.717, 1.165) is 37.9 Å². The fourth-order valence-corrected chi connectivity index (χ4v) is 2.67. The van der Waals surface area contributed by atoms with Crippen molar-refractivity contribution in [3.8, 4) is 5.69 Å². The molecule has 1 saturated carbocycles. The molecule has 2 fully saturated rings. The predicted molar refractivity (Wildman–Crippen MR) is 83.2 cm³/mol. The first-order valence-electron chi connectivity index (χ1n) is 7.63. The molecule has 1 aliphatic heterocycles. The average molecular weight is 284 g/mol. The van der Waals surface area contributed by atoms with Crippen LogP contribution < -0.4 is 10.2 Å². The van der Waals surface area contributed by atoms with Gasteiger partial charge in [-0.2, -0.15) is 0 Å². The summed E-state index contributed by atoms with van der Waals surface area (Å²) < 4.78 is 7.51. The summed E-state index contributed by atoms with van der Waals surface area (Å²) in [4.78, 5) is 6.78. The number of benzene rings is 1. The summed E-state index contributed by atoms with van der Waals surface area (Å²) in [6.07, 6.45) is 6.36. The third kappa shape index (κ3) is 2.74. The van der Waals surface area contributed by atoms with Crippen molar-refractivity contribution in [2.75, 3.05) is 36.5 Å². The van der Waals surface area contributed by atoms with E-state index < -0.39 is 0 Å². The Morgan fingerprint density at radius 3 is 2.48 bits per heavy atom. The Balaban J connectivity index is 1.54. The van der Waals surface area contributed by atoms with Gasteiger partial charge in [-0.05, 0) is 37.1 Å². The first-order valence-corrected chi connectivity index (χ1v) is 7.63. The molecule has 0 amide bonds. The maximum atomic E-state index is 5.40. The standard InChI is InChI=1S/C16H20N4O/c1-2-13(1)18-16-17-7-8-20(16)15-5-3-14(4-6-15)19-9-11-21-12-10-19/h3-8,13H,1-2,9-12H2,(H,17,18). The molecule has 1 N–H and O–H groups in total. The van der Waals surface area contributed by atoms with Gasteiger partial charge >= 0.3 is 0 Å². The van der Waals surface area contributed by atoms with Gasteiger partial charge < -0.3 is 15.0 Å². The lowest BCUT2D eigenvalue weighted by Crippen LogP contribution is -2.36. The van der Waals surface area contributed by atoms with E-state index in [-0.39, 0.29) is 0 Å². The molecular weight excluding hydrogens is 264 g/mol. The molecule has 2 aliphatic rings. The number of morpholine rings is 1. The van der Waals surface area contributed by atoms with E-state index in [4.69, 9.17) is 4.74 Å². The van der Waals surface area contributed by atoms with Crippen molar-refractivity contribution in [3.63, 3.8) is 0 Å². The van der Waals surface area contributed by atoms with E-state index in [1.165, 1.54) is 18.5 Å². The first kappa shape index (κ1) is 12.7. The Labute approximate surface area is 124 Å². The Morgan fingerprint density at radius 1 is 1.05 bits per heavy atom. The van der Waals surface area contributed by atoms with Crippen LogP contribution in [0.15, 0.2) is 36.7 Å². The smallest absolute Gasteiger partial charge is 0.207 e. The third-order valence-electron chi connectivity index (χ3n) is 4.06. The largest absolute Gasteiger partial charge is 0.378 e. The molecule has 1 aromatic heterocycles. The molecule has 5 heteroatoms. The van der Waals surface area contributed by atoms with Crippen molar-refractivity contribution in [1.29, 1.82) is 0 Å². The monoisotopic (exact) mass is 284 g/mol. The lowest BCUT2D eigenvalue weighted by molar-refractivity contribution is 0.122. The topological polar surface area (TPSA) is 42.3 Å². The number of hydrogen-bond donors (Lipinski definition) is 1. The zero-order chi connectivity index (χ0) is 14.1. The van der Waals surface area contributed by atoms with Crippen molar-refractivity contribution in [2.24, 2.45) is 0 Å². The molecule has 1 aromatic carbocycles. The molecule has 2 heterocycles. The van der Waals surface area contributed by atoms with Gasteiger partial charge in [-0.1, -0.05) is 0 Å². The average Bonchev–Trinajstić information content (AvgIpc) is 3.24. The van der Waals surface area contributed by atoms with Crippen LogP contribution in [0.5, 0.6) is 0 Å². The van der Waals surface area contributed by atoms with Crippen LogP contribution in [0.4, 0.5) is 11.6 Å². The highest BCUT2D eigenvalue weighted by Crippen LogP contribution is 2.26.